The Balaban J connectivity index is 1.60. The van der Waals surface area contributed by atoms with E-state index in [0.717, 1.165) is 23.5 Å². The number of benzene rings is 2. The summed E-state index contributed by atoms with van der Waals surface area (Å²) < 4.78 is 55.1. The number of nitrogens with one attached hydrogen (secondary N) is 1. The molecule has 0 atom stereocenters. The first-order chi connectivity index (χ1) is 12.5. The van der Waals surface area contributed by atoms with Gasteiger partial charge in [0.05, 0.1) is 0 Å². The topological polar surface area (TPSA) is 64.0 Å². The van der Waals surface area contributed by atoms with Crippen LogP contribution >= 0.6 is 0 Å². The minimum atomic E-state index is -4.03. The quantitative estimate of drug-likeness (QED) is 0.643. The van der Waals surface area contributed by atoms with E-state index in [1.165, 1.54) is 0 Å². The highest BCUT2D eigenvalue weighted by Gasteiger charge is 2.18. The van der Waals surface area contributed by atoms with Crippen LogP contribution in [0.1, 0.15) is 6.42 Å². The molecule has 0 saturated heterocycles. The lowest BCUT2D eigenvalue weighted by molar-refractivity contribution is 0.540. The number of nitrogens with zero attached hydrogens (tertiary/aromatic N) is 2. The van der Waals surface area contributed by atoms with E-state index >= 15 is 0 Å². The monoisotopic (exact) mass is 377 g/mol. The third-order valence-electron chi connectivity index (χ3n) is 3.80. The van der Waals surface area contributed by atoms with Crippen molar-refractivity contribution in [1.29, 1.82) is 0 Å². The van der Waals surface area contributed by atoms with Crippen molar-refractivity contribution in [2.24, 2.45) is 0 Å². The second-order valence-electron chi connectivity index (χ2n) is 5.64. The van der Waals surface area contributed by atoms with Crippen molar-refractivity contribution in [3.63, 3.8) is 0 Å². The molecule has 0 aliphatic rings. The van der Waals surface area contributed by atoms with Gasteiger partial charge in [-0.05, 0) is 18.6 Å². The minimum Gasteiger partial charge on any atom is -0.331 e. The Morgan fingerprint density at radius 3 is 2.58 bits per heavy atom. The molecule has 2 aromatic carbocycles. The lowest BCUT2D eigenvalue weighted by atomic mass is 10.2. The van der Waals surface area contributed by atoms with E-state index in [9.17, 15) is 17.2 Å². The smallest absolute Gasteiger partial charge is 0.243 e. The van der Waals surface area contributed by atoms with E-state index in [4.69, 9.17) is 0 Å². The third-order valence-corrected chi connectivity index (χ3v) is 5.29. The lowest BCUT2D eigenvalue weighted by Crippen LogP contribution is -2.26. The van der Waals surface area contributed by atoms with E-state index in [2.05, 4.69) is 9.71 Å². The van der Waals surface area contributed by atoms with Crippen LogP contribution in [0.5, 0.6) is 0 Å². The van der Waals surface area contributed by atoms with Gasteiger partial charge in [0.2, 0.25) is 10.0 Å². The predicted octanol–water partition coefficient (Wildman–Crippen LogP) is 3.20. The summed E-state index contributed by atoms with van der Waals surface area (Å²) in [6.45, 7) is 0.657. The van der Waals surface area contributed by atoms with Crippen LogP contribution in [-0.4, -0.2) is 24.5 Å². The van der Waals surface area contributed by atoms with Gasteiger partial charge in [0.1, 0.15) is 22.4 Å². The molecule has 26 heavy (non-hydrogen) atoms. The summed E-state index contributed by atoms with van der Waals surface area (Å²) >= 11 is 0. The molecule has 3 rings (SSSR count). The van der Waals surface area contributed by atoms with Crippen LogP contribution in [0, 0.1) is 11.6 Å². The predicted molar refractivity (Wildman–Crippen MR) is 93.8 cm³/mol. The number of imidazole rings is 1. The van der Waals surface area contributed by atoms with Gasteiger partial charge in [-0.15, -0.1) is 0 Å². The van der Waals surface area contributed by atoms with E-state index in [-0.39, 0.29) is 6.54 Å². The molecule has 1 aromatic heterocycles. The summed E-state index contributed by atoms with van der Waals surface area (Å²) in [5.74, 6) is -1.15. The Morgan fingerprint density at radius 2 is 1.85 bits per heavy atom. The summed E-state index contributed by atoms with van der Waals surface area (Å²) in [5.41, 5.74) is 0.964. The van der Waals surface area contributed by atoms with Crippen molar-refractivity contribution in [3.05, 3.63) is 72.6 Å². The van der Waals surface area contributed by atoms with Crippen LogP contribution in [0.2, 0.25) is 0 Å². The van der Waals surface area contributed by atoms with Gasteiger partial charge in [-0.3, -0.25) is 0 Å². The van der Waals surface area contributed by atoms with Crippen molar-refractivity contribution >= 4 is 10.0 Å². The molecule has 1 N–H and O–H groups in total. The van der Waals surface area contributed by atoms with Crippen molar-refractivity contribution in [2.75, 3.05) is 6.54 Å². The lowest BCUT2D eigenvalue weighted by Gasteiger charge is -2.10. The molecule has 0 bridgehead atoms. The van der Waals surface area contributed by atoms with Gasteiger partial charge in [0.15, 0.2) is 0 Å². The van der Waals surface area contributed by atoms with Gasteiger partial charge < -0.3 is 4.57 Å². The summed E-state index contributed by atoms with van der Waals surface area (Å²) in [4.78, 5) is 3.76. The van der Waals surface area contributed by atoms with Crippen LogP contribution < -0.4 is 4.72 Å². The zero-order valence-corrected chi connectivity index (χ0v) is 14.6. The van der Waals surface area contributed by atoms with Gasteiger partial charge in [-0.1, -0.05) is 30.3 Å². The number of sulfonamides is 1. The van der Waals surface area contributed by atoms with Crippen LogP contribution in [0.4, 0.5) is 8.78 Å². The molecular weight excluding hydrogens is 360 g/mol. The Bertz CT molecular complexity index is 989. The van der Waals surface area contributed by atoms with Gasteiger partial charge in [0, 0.05) is 37.1 Å². The van der Waals surface area contributed by atoms with E-state index < -0.39 is 26.6 Å². The average molecular weight is 377 g/mol. The molecule has 1 heterocycles. The first-order valence-corrected chi connectivity index (χ1v) is 9.47. The molecule has 0 aliphatic heterocycles. The Hall–Kier alpha value is -2.58. The minimum absolute atomic E-state index is 0.117. The molecular formula is C18H17F2N3O2S. The fourth-order valence-corrected chi connectivity index (χ4v) is 3.70. The molecule has 0 saturated carbocycles. The highest BCUT2D eigenvalue weighted by molar-refractivity contribution is 7.89. The maximum atomic E-state index is 13.6. The second-order valence-corrected chi connectivity index (χ2v) is 7.37. The molecule has 136 valence electrons. The van der Waals surface area contributed by atoms with Gasteiger partial charge >= 0.3 is 0 Å². The maximum absolute atomic E-state index is 13.6. The fourth-order valence-electron chi connectivity index (χ4n) is 2.56. The van der Waals surface area contributed by atoms with Crippen molar-refractivity contribution < 1.29 is 17.2 Å². The number of aryl methyl sites for hydroxylation is 1. The molecule has 3 aromatic rings. The van der Waals surface area contributed by atoms with Gasteiger partial charge in [-0.2, -0.15) is 0 Å². The highest BCUT2D eigenvalue weighted by Crippen LogP contribution is 2.17. The third kappa shape index (κ3) is 4.14. The number of halogens is 2. The highest BCUT2D eigenvalue weighted by atomic mass is 32.2. The largest absolute Gasteiger partial charge is 0.331 e. The van der Waals surface area contributed by atoms with Crippen LogP contribution in [0.15, 0.2) is 65.8 Å². The molecule has 8 heteroatoms. The Morgan fingerprint density at radius 1 is 1.08 bits per heavy atom. The standard InChI is InChI=1S/C18H17F2N3O2S/c19-15-7-8-17(16(20)13-15)26(24,25)22-9-4-11-23-12-10-21-18(23)14-5-2-1-3-6-14/h1-3,5-8,10,12-13,22H,4,9,11H2. The van der Waals surface area contributed by atoms with Crippen LogP contribution in [-0.2, 0) is 16.6 Å². The number of hydrogen-bond acceptors (Lipinski definition) is 3. The summed E-state index contributed by atoms with van der Waals surface area (Å²) in [7, 11) is -4.03. The van der Waals surface area contributed by atoms with E-state index in [0.29, 0.717) is 19.0 Å². The Kier molecular flexibility index (Phi) is 5.43. The summed E-state index contributed by atoms with van der Waals surface area (Å²) in [6, 6.07) is 12.0. The second kappa shape index (κ2) is 7.76. The molecule has 0 spiro atoms. The zero-order valence-electron chi connectivity index (χ0n) is 13.8. The molecule has 0 unspecified atom stereocenters. The maximum Gasteiger partial charge on any atom is 0.243 e. The van der Waals surface area contributed by atoms with E-state index in [1.807, 2.05) is 41.1 Å². The first-order valence-electron chi connectivity index (χ1n) is 7.98. The SMILES string of the molecule is O=S(=O)(NCCCn1ccnc1-c1ccccc1)c1ccc(F)cc1F. The fraction of sp³-hybridized carbons (Fsp3) is 0.167. The number of aromatic nitrogens is 2. The van der Waals surface area contributed by atoms with Crippen LogP contribution in [0.3, 0.4) is 0 Å². The molecule has 0 amide bonds. The number of hydrogen-bond donors (Lipinski definition) is 1. The van der Waals surface area contributed by atoms with Crippen molar-refractivity contribution in [3.8, 4) is 11.4 Å². The molecule has 0 radical (unpaired) electrons. The van der Waals surface area contributed by atoms with Crippen LogP contribution in [0.25, 0.3) is 11.4 Å². The van der Waals surface area contributed by atoms with Gasteiger partial charge in [-0.25, -0.2) is 26.9 Å². The first kappa shape index (κ1) is 18.2. The molecule has 5 nitrogen and oxygen atoms in total. The van der Waals surface area contributed by atoms with E-state index in [1.54, 1.807) is 6.20 Å². The zero-order chi connectivity index (χ0) is 18.6. The molecule has 0 aliphatic carbocycles. The number of rotatable bonds is 7. The normalized spacial score (nSPS) is 11.6. The van der Waals surface area contributed by atoms with Crippen molar-refractivity contribution in [2.45, 2.75) is 17.9 Å². The summed E-state index contributed by atoms with van der Waals surface area (Å²) in [6.07, 6.45) is 3.98. The average Bonchev–Trinajstić information content (AvgIpc) is 3.07. The summed E-state index contributed by atoms with van der Waals surface area (Å²) in [5, 5.41) is 0. The Labute approximate surface area is 150 Å². The molecule has 0 fully saturated rings. The van der Waals surface area contributed by atoms with Crippen molar-refractivity contribution in [1.82, 2.24) is 14.3 Å². The van der Waals surface area contributed by atoms with Gasteiger partial charge in [0.25, 0.3) is 0 Å².